The molecular formula is C11H13FN2. The van der Waals surface area contributed by atoms with Crippen molar-refractivity contribution in [2.45, 2.75) is 13.0 Å². The number of nitrogens with one attached hydrogen (secondary N) is 1. The summed E-state index contributed by atoms with van der Waals surface area (Å²) in [6.07, 6.45) is 1.00. The van der Waals surface area contributed by atoms with Crippen LogP contribution in [0.3, 0.4) is 0 Å². The van der Waals surface area contributed by atoms with Crippen LogP contribution in [-0.4, -0.2) is 19.6 Å². The van der Waals surface area contributed by atoms with Crippen LogP contribution in [0.2, 0.25) is 0 Å². The van der Waals surface area contributed by atoms with Gasteiger partial charge < -0.3 is 10.2 Å². The van der Waals surface area contributed by atoms with Gasteiger partial charge in [-0.15, -0.1) is 0 Å². The SMILES string of the molecule is Fc1cc2c3c(c1)CNCCN3CC2. The zero-order valence-electron chi connectivity index (χ0n) is 8.02. The molecule has 0 amide bonds. The Labute approximate surface area is 82.7 Å². The van der Waals surface area contributed by atoms with Crippen LogP contribution in [-0.2, 0) is 13.0 Å². The van der Waals surface area contributed by atoms with Crippen molar-refractivity contribution in [2.75, 3.05) is 24.5 Å². The number of benzene rings is 1. The van der Waals surface area contributed by atoms with Gasteiger partial charge in [-0.3, -0.25) is 0 Å². The fourth-order valence-electron chi connectivity index (χ4n) is 2.48. The average molecular weight is 192 g/mol. The lowest BCUT2D eigenvalue weighted by Crippen LogP contribution is -2.27. The van der Waals surface area contributed by atoms with Crippen LogP contribution in [0.4, 0.5) is 10.1 Å². The maximum Gasteiger partial charge on any atom is 0.123 e. The predicted octanol–water partition coefficient (Wildman–Crippen LogP) is 1.29. The zero-order valence-corrected chi connectivity index (χ0v) is 8.02. The molecule has 1 aromatic rings. The highest BCUT2D eigenvalue weighted by Crippen LogP contribution is 2.33. The highest BCUT2D eigenvalue weighted by atomic mass is 19.1. The monoisotopic (exact) mass is 192 g/mol. The summed E-state index contributed by atoms with van der Waals surface area (Å²) in [6, 6.07) is 3.35. The van der Waals surface area contributed by atoms with Crippen LogP contribution in [0.25, 0.3) is 0 Å². The quantitative estimate of drug-likeness (QED) is 0.666. The summed E-state index contributed by atoms with van der Waals surface area (Å²) in [6.45, 7) is 3.89. The van der Waals surface area contributed by atoms with Crippen molar-refractivity contribution in [1.82, 2.24) is 5.32 Å². The number of anilines is 1. The maximum atomic E-state index is 13.2. The first-order valence-corrected chi connectivity index (χ1v) is 5.11. The van der Waals surface area contributed by atoms with E-state index in [0.29, 0.717) is 0 Å². The van der Waals surface area contributed by atoms with E-state index in [1.807, 2.05) is 0 Å². The van der Waals surface area contributed by atoms with Gasteiger partial charge in [0.05, 0.1) is 0 Å². The molecule has 1 aromatic carbocycles. The fraction of sp³-hybridized carbons (Fsp3) is 0.455. The third-order valence-corrected chi connectivity index (χ3v) is 3.07. The van der Waals surface area contributed by atoms with Crippen molar-refractivity contribution in [3.05, 3.63) is 29.1 Å². The van der Waals surface area contributed by atoms with Crippen LogP contribution in [0.15, 0.2) is 12.1 Å². The molecule has 0 saturated carbocycles. The fourth-order valence-corrected chi connectivity index (χ4v) is 2.48. The molecule has 1 N–H and O–H groups in total. The molecule has 0 fully saturated rings. The summed E-state index contributed by atoms with van der Waals surface area (Å²) in [5, 5.41) is 3.31. The molecule has 0 saturated heterocycles. The van der Waals surface area contributed by atoms with Gasteiger partial charge in [0.15, 0.2) is 0 Å². The van der Waals surface area contributed by atoms with E-state index in [-0.39, 0.29) is 5.82 Å². The van der Waals surface area contributed by atoms with Crippen molar-refractivity contribution in [3.63, 3.8) is 0 Å². The molecule has 0 aromatic heterocycles. The molecule has 2 aliphatic heterocycles. The number of hydrogen-bond acceptors (Lipinski definition) is 2. The van der Waals surface area contributed by atoms with Gasteiger partial charge in [0, 0.05) is 31.9 Å². The Morgan fingerprint density at radius 2 is 2.07 bits per heavy atom. The Kier molecular flexibility index (Phi) is 1.74. The Bertz CT molecular complexity index is 376. The largest absolute Gasteiger partial charge is 0.369 e. The molecule has 2 heterocycles. The topological polar surface area (TPSA) is 15.3 Å². The van der Waals surface area contributed by atoms with Gasteiger partial charge in [-0.2, -0.15) is 0 Å². The molecular weight excluding hydrogens is 179 g/mol. The van der Waals surface area contributed by atoms with Gasteiger partial charge in [0.25, 0.3) is 0 Å². The Hall–Kier alpha value is -1.09. The summed E-state index contributed by atoms with van der Waals surface area (Å²) >= 11 is 0. The second-order valence-electron chi connectivity index (χ2n) is 3.99. The summed E-state index contributed by atoms with van der Waals surface area (Å²) < 4.78 is 13.2. The number of hydrogen-bond donors (Lipinski definition) is 1. The molecule has 3 heteroatoms. The highest BCUT2D eigenvalue weighted by molar-refractivity contribution is 5.64. The van der Waals surface area contributed by atoms with E-state index in [4.69, 9.17) is 0 Å². The summed E-state index contributed by atoms with van der Waals surface area (Å²) in [7, 11) is 0. The molecule has 14 heavy (non-hydrogen) atoms. The Morgan fingerprint density at radius 3 is 3.00 bits per heavy atom. The molecule has 0 aliphatic carbocycles. The Morgan fingerprint density at radius 1 is 1.21 bits per heavy atom. The van der Waals surface area contributed by atoms with Crippen LogP contribution >= 0.6 is 0 Å². The molecule has 0 spiro atoms. The lowest BCUT2D eigenvalue weighted by molar-refractivity contribution is 0.621. The van der Waals surface area contributed by atoms with Gasteiger partial charge >= 0.3 is 0 Å². The van der Waals surface area contributed by atoms with E-state index < -0.39 is 0 Å². The lowest BCUT2D eigenvalue weighted by Gasteiger charge is -2.18. The predicted molar refractivity (Wildman–Crippen MR) is 54.0 cm³/mol. The van der Waals surface area contributed by atoms with Crippen molar-refractivity contribution < 1.29 is 4.39 Å². The third kappa shape index (κ3) is 1.12. The van der Waals surface area contributed by atoms with E-state index >= 15 is 0 Å². The molecule has 0 unspecified atom stereocenters. The first kappa shape index (κ1) is 8.24. The molecule has 3 rings (SSSR count). The van der Waals surface area contributed by atoms with Gasteiger partial charge in [-0.05, 0) is 29.7 Å². The minimum Gasteiger partial charge on any atom is -0.369 e. The standard InChI is InChI=1S/C11H13FN2/c12-10-5-8-1-3-14-4-2-13-7-9(6-10)11(8)14/h5-6,13H,1-4,7H2. The van der Waals surface area contributed by atoms with E-state index in [2.05, 4.69) is 10.2 Å². The second-order valence-corrected chi connectivity index (χ2v) is 3.99. The van der Waals surface area contributed by atoms with Crippen molar-refractivity contribution in [1.29, 1.82) is 0 Å². The molecule has 74 valence electrons. The molecule has 0 atom stereocenters. The van der Waals surface area contributed by atoms with Crippen LogP contribution in [0.5, 0.6) is 0 Å². The van der Waals surface area contributed by atoms with E-state index in [0.717, 1.165) is 38.2 Å². The normalized spacial score (nSPS) is 19.4. The molecule has 0 bridgehead atoms. The van der Waals surface area contributed by atoms with Crippen molar-refractivity contribution in [3.8, 4) is 0 Å². The van der Waals surface area contributed by atoms with Gasteiger partial charge in [0.1, 0.15) is 5.82 Å². The van der Waals surface area contributed by atoms with Gasteiger partial charge in [-0.25, -0.2) is 4.39 Å². The summed E-state index contributed by atoms with van der Waals surface area (Å²) in [4.78, 5) is 2.37. The number of halogens is 1. The first-order valence-electron chi connectivity index (χ1n) is 5.11. The number of rotatable bonds is 0. The van der Waals surface area contributed by atoms with Gasteiger partial charge in [-0.1, -0.05) is 0 Å². The lowest BCUT2D eigenvalue weighted by atomic mass is 10.1. The molecule has 2 aliphatic rings. The Balaban J connectivity index is 2.18. The molecule has 0 radical (unpaired) electrons. The summed E-state index contributed by atoms with van der Waals surface area (Å²) in [5.41, 5.74) is 3.59. The van der Waals surface area contributed by atoms with Crippen LogP contribution in [0.1, 0.15) is 11.1 Å². The average Bonchev–Trinajstić information content (AvgIpc) is 2.43. The maximum absolute atomic E-state index is 13.2. The highest BCUT2D eigenvalue weighted by Gasteiger charge is 2.24. The van der Waals surface area contributed by atoms with E-state index in [9.17, 15) is 4.39 Å². The zero-order chi connectivity index (χ0) is 9.54. The first-order chi connectivity index (χ1) is 6.84. The van der Waals surface area contributed by atoms with E-state index in [1.54, 1.807) is 12.1 Å². The minimum absolute atomic E-state index is 0.0932. The van der Waals surface area contributed by atoms with Crippen LogP contribution in [0, 0.1) is 5.82 Å². The second kappa shape index (κ2) is 2.95. The van der Waals surface area contributed by atoms with E-state index in [1.165, 1.54) is 11.3 Å². The van der Waals surface area contributed by atoms with Crippen molar-refractivity contribution in [2.24, 2.45) is 0 Å². The smallest absolute Gasteiger partial charge is 0.123 e. The van der Waals surface area contributed by atoms with Gasteiger partial charge in [0.2, 0.25) is 0 Å². The summed E-state index contributed by atoms with van der Waals surface area (Å²) in [5.74, 6) is -0.0932. The minimum atomic E-state index is -0.0932. The third-order valence-electron chi connectivity index (χ3n) is 3.07. The molecule has 2 nitrogen and oxygen atoms in total. The van der Waals surface area contributed by atoms with Crippen LogP contribution < -0.4 is 10.2 Å². The number of nitrogens with zero attached hydrogens (tertiary/aromatic N) is 1. The van der Waals surface area contributed by atoms with Crippen molar-refractivity contribution >= 4 is 5.69 Å².